The van der Waals surface area contributed by atoms with E-state index in [1.165, 1.54) is 33.6 Å². The molecule has 0 aliphatic rings. The van der Waals surface area contributed by atoms with Gasteiger partial charge in [-0.15, -0.1) is 0 Å². The lowest BCUT2D eigenvalue weighted by molar-refractivity contribution is -0.136. The smallest absolute Gasteiger partial charge is 0.329 e. The van der Waals surface area contributed by atoms with E-state index in [0.717, 1.165) is 0 Å². The van der Waals surface area contributed by atoms with Gasteiger partial charge in [0.15, 0.2) is 0 Å². The fraction of sp³-hybridized carbons (Fsp3) is 0.211. The van der Waals surface area contributed by atoms with E-state index in [4.69, 9.17) is 18.9 Å². The van der Waals surface area contributed by atoms with E-state index in [0.29, 0.717) is 34.2 Å². The second-order valence-corrected chi connectivity index (χ2v) is 5.33. The zero-order valence-corrected chi connectivity index (χ0v) is 15.9. The van der Waals surface area contributed by atoms with Crippen molar-refractivity contribution in [2.45, 2.75) is 0 Å². The van der Waals surface area contributed by atoms with E-state index in [9.17, 15) is 9.59 Å². The van der Waals surface area contributed by atoms with Gasteiger partial charge >= 0.3 is 11.8 Å². The summed E-state index contributed by atoms with van der Waals surface area (Å²) in [5.41, 5.74) is 3.05. The number of nitrogens with zero attached hydrogens (tertiary/aromatic N) is 1. The Morgan fingerprint density at radius 3 is 2.11 bits per heavy atom. The summed E-state index contributed by atoms with van der Waals surface area (Å²) in [5, 5.41) is 6.23. The standard InChI is InChI=1S/C19H21N3O6/c1-25-13-7-8-16(27-3)15(9-13)21-18(23)19(24)22-20-11-12-5-6-14(26-2)10-17(12)28-4/h5-11H,1-4H3,(H,21,23)(H,22,24)/b20-11+. The summed E-state index contributed by atoms with van der Waals surface area (Å²) in [5.74, 6) is 0.140. The van der Waals surface area contributed by atoms with Crippen LogP contribution in [0.15, 0.2) is 41.5 Å². The Kier molecular flexibility index (Phi) is 7.21. The van der Waals surface area contributed by atoms with Crippen molar-refractivity contribution < 1.29 is 28.5 Å². The SMILES string of the molecule is COc1ccc(OC)c(NC(=O)C(=O)N/N=C/c2ccc(OC)cc2OC)c1. The van der Waals surface area contributed by atoms with Crippen LogP contribution in [0, 0.1) is 0 Å². The number of methoxy groups -OCH3 is 4. The summed E-state index contributed by atoms with van der Waals surface area (Å²) in [4.78, 5) is 24.1. The third-order valence-corrected chi connectivity index (χ3v) is 3.67. The van der Waals surface area contributed by atoms with Crippen molar-refractivity contribution in [3.8, 4) is 23.0 Å². The first-order valence-corrected chi connectivity index (χ1v) is 8.10. The Morgan fingerprint density at radius 1 is 0.821 bits per heavy atom. The molecule has 0 aliphatic heterocycles. The molecule has 2 aromatic carbocycles. The van der Waals surface area contributed by atoms with Crippen molar-refractivity contribution in [2.75, 3.05) is 33.8 Å². The molecule has 0 unspecified atom stereocenters. The molecule has 9 nitrogen and oxygen atoms in total. The van der Waals surface area contributed by atoms with Gasteiger partial charge in [-0.2, -0.15) is 5.10 Å². The monoisotopic (exact) mass is 387 g/mol. The van der Waals surface area contributed by atoms with Gasteiger partial charge in [-0.05, 0) is 24.3 Å². The minimum atomic E-state index is -0.950. The maximum absolute atomic E-state index is 12.1. The fourth-order valence-corrected chi connectivity index (χ4v) is 2.23. The average Bonchev–Trinajstić information content (AvgIpc) is 2.73. The molecule has 0 saturated carbocycles. The zero-order chi connectivity index (χ0) is 20.5. The Balaban J connectivity index is 2.03. The molecule has 0 bridgehead atoms. The molecule has 2 rings (SSSR count). The lowest BCUT2D eigenvalue weighted by Crippen LogP contribution is -2.32. The topological polar surface area (TPSA) is 107 Å². The molecule has 0 aromatic heterocycles. The third kappa shape index (κ3) is 5.13. The molecule has 0 heterocycles. The van der Waals surface area contributed by atoms with E-state index in [1.807, 2.05) is 0 Å². The number of ether oxygens (including phenoxy) is 4. The molecule has 2 N–H and O–H groups in total. The van der Waals surface area contributed by atoms with Crippen LogP contribution in [0.5, 0.6) is 23.0 Å². The number of hydrogen-bond acceptors (Lipinski definition) is 7. The molecular weight excluding hydrogens is 366 g/mol. The highest BCUT2D eigenvalue weighted by Crippen LogP contribution is 2.28. The predicted molar refractivity (Wildman–Crippen MR) is 103 cm³/mol. The van der Waals surface area contributed by atoms with E-state index in [-0.39, 0.29) is 0 Å². The number of nitrogens with one attached hydrogen (secondary N) is 2. The molecule has 2 amide bonds. The molecular formula is C19H21N3O6. The van der Waals surface area contributed by atoms with Gasteiger partial charge in [0.1, 0.15) is 23.0 Å². The van der Waals surface area contributed by atoms with Crippen LogP contribution < -0.4 is 29.7 Å². The van der Waals surface area contributed by atoms with Crippen LogP contribution in [0.1, 0.15) is 5.56 Å². The number of rotatable bonds is 7. The Bertz CT molecular complexity index is 882. The summed E-state index contributed by atoms with van der Waals surface area (Å²) < 4.78 is 20.6. The number of carbonyl (C=O) groups is 2. The Hall–Kier alpha value is -3.75. The lowest BCUT2D eigenvalue weighted by Gasteiger charge is -2.11. The maximum atomic E-state index is 12.1. The Labute approximate surface area is 162 Å². The fourth-order valence-electron chi connectivity index (χ4n) is 2.23. The molecule has 9 heteroatoms. The number of hydrazone groups is 1. The van der Waals surface area contributed by atoms with E-state index >= 15 is 0 Å². The van der Waals surface area contributed by atoms with Crippen molar-refractivity contribution in [1.29, 1.82) is 0 Å². The van der Waals surface area contributed by atoms with Crippen molar-refractivity contribution in [1.82, 2.24) is 5.43 Å². The van der Waals surface area contributed by atoms with Crippen molar-refractivity contribution in [3.05, 3.63) is 42.0 Å². The highest BCUT2D eigenvalue weighted by atomic mass is 16.5. The largest absolute Gasteiger partial charge is 0.497 e. The van der Waals surface area contributed by atoms with Gasteiger partial charge in [0.25, 0.3) is 0 Å². The van der Waals surface area contributed by atoms with Gasteiger partial charge in [-0.25, -0.2) is 5.43 Å². The van der Waals surface area contributed by atoms with Crippen LogP contribution in [0.25, 0.3) is 0 Å². The third-order valence-electron chi connectivity index (χ3n) is 3.67. The number of amides is 2. The molecule has 0 atom stereocenters. The molecule has 0 spiro atoms. The average molecular weight is 387 g/mol. The van der Waals surface area contributed by atoms with Crippen LogP contribution in [-0.2, 0) is 9.59 Å². The molecule has 0 aliphatic carbocycles. The van der Waals surface area contributed by atoms with Crippen LogP contribution >= 0.6 is 0 Å². The van der Waals surface area contributed by atoms with Crippen LogP contribution in [0.2, 0.25) is 0 Å². The summed E-state index contributed by atoms with van der Waals surface area (Å²) in [6, 6.07) is 9.91. The quantitative estimate of drug-likeness (QED) is 0.426. The minimum Gasteiger partial charge on any atom is -0.497 e. The van der Waals surface area contributed by atoms with Crippen molar-refractivity contribution >= 4 is 23.7 Å². The first-order valence-electron chi connectivity index (χ1n) is 8.10. The van der Waals surface area contributed by atoms with Crippen molar-refractivity contribution in [2.24, 2.45) is 5.10 Å². The summed E-state index contributed by atoms with van der Waals surface area (Å²) in [7, 11) is 5.98. The summed E-state index contributed by atoms with van der Waals surface area (Å²) in [6.45, 7) is 0. The maximum Gasteiger partial charge on any atom is 0.329 e. The normalized spacial score (nSPS) is 10.3. The van der Waals surface area contributed by atoms with Crippen LogP contribution in [0.3, 0.4) is 0 Å². The van der Waals surface area contributed by atoms with E-state index in [2.05, 4.69) is 15.8 Å². The zero-order valence-electron chi connectivity index (χ0n) is 15.9. The van der Waals surface area contributed by atoms with Gasteiger partial charge in [0.2, 0.25) is 0 Å². The highest BCUT2D eigenvalue weighted by Gasteiger charge is 2.16. The predicted octanol–water partition coefficient (Wildman–Crippen LogP) is 1.81. The highest BCUT2D eigenvalue weighted by molar-refractivity contribution is 6.39. The molecule has 0 saturated heterocycles. The van der Waals surface area contributed by atoms with Gasteiger partial charge in [-0.1, -0.05) is 0 Å². The second-order valence-electron chi connectivity index (χ2n) is 5.33. The lowest BCUT2D eigenvalue weighted by atomic mass is 10.2. The van der Waals surface area contributed by atoms with Gasteiger partial charge in [-0.3, -0.25) is 9.59 Å². The molecule has 0 radical (unpaired) electrons. The van der Waals surface area contributed by atoms with E-state index in [1.54, 1.807) is 37.4 Å². The van der Waals surface area contributed by atoms with Gasteiger partial charge in [0, 0.05) is 17.7 Å². The molecule has 2 aromatic rings. The second kappa shape index (κ2) is 9.81. The van der Waals surface area contributed by atoms with Crippen LogP contribution in [0.4, 0.5) is 5.69 Å². The van der Waals surface area contributed by atoms with Gasteiger partial charge < -0.3 is 24.3 Å². The van der Waals surface area contributed by atoms with Crippen LogP contribution in [-0.4, -0.2) is 46.5 Å². The first kappa shape index (κ1) is 20.6. The minimum absolute atomic E-state index is 0.294. The van der Waals surface area contributed by atoms with E-state index < -0.39 is 11.8 Å². The number of carbonyl (C=O) groups excluding carboxylic acids is 2. The number of benzene rings is 2. The summed E-state index contributed by atoms with van der Waals surface area (Å²) >= 11 is 0. The number of anilines is 1. The molecule has 148 valence electrons. The summed E-state index contributed by atoms with van der Waals surface area (Å²) in [6.07, 6.45) is 1.36. The molecule has 0 fully saturated rings. The van der Waals surface area contributed by atoms with Crippen molar-refractivity contribution in [3.63, 3.8) is 0 Å². The van der Waals surface area contributed by atoms with Gasteiger partial charge in [0.05, 0.1) is 40.3 Å². The first-order chi connectivity index (χ1) is 13.5. The molecule has 28 heavy (non-hydrogen) atoms. The Morgan fingerprint density at radius 2 is 1.46 bits per heavy atom. The number of hydrogen-bond donors (Lipinski definition) is 2.